The summed E-state index contributed by atoms with van der Waals surface area (Å²) in [5.74, 6) is 0.771. The summed E-state index contributed by atoms with van der Waals surface area (Å²) in [7, 11) is 0. The van der Waals surface area contributed by atoms with Crippen molar-refractivity contribution >= 4 is 17.6 Å². The van der Waals surface area contributed by atoms with Gasteiger partial charge < -0.3 is 10.2 Å². The molecule has 2 aromatic rings. The molecule has 0 radical (unpaired) electrons. The standard InChI is InChI=1S/C25H33N5O2/c1-16-12-26-22(9-19(16)20-13-27-30-14-24(3,4)11-21(20)30)28-23(32)18-5-6-25(10-18)7-8-29(15-25)17(2)31/h9,12-13,18H,5-8,10-11,14-15H2,1-4H3,(H,26,28,32)/t18-,25-/m1/s1. The Morgan fingerprint density at radius 2 is 1.97 bits per heavy atom. The monoisotopic (exact) mass is 435 g/mol. The van der Waals surface area contributed by atoms with Gasteiger partial charge in [-0.25, -0.2) is 4.98 Å². The predicted octanol–water partition coefficient (Wildman–Crippen LogP) is 3.81. The van der Waals surface area contributed by atoms with E-state index in [1.165, 1.54) is 5.69 Å². The van der Waals surface area contributed by atoms with Gasteiger partial charge in [0.05, 0.1) is 6.20 Å². The summed E-state index contributed by atoms with van der Waals surface area (Å²) >= 11 is 0. The summed E-state index contributed by atoms with van der Waals surface area (Å²) in [4.78, 5) is 31.2. The Bertz CT molecular complexity index is 1090. The van der Waals surface area contributed by atoms with E-state index < -0.39 is 0 Å². The second-order valence-corrected chi connectivity index (χ2v) is 11.0. The SMILES string of the molecule is CC(=O)N1CC[C@@]2(CC[C@@H](C(=O)Nc3cc(-c4cnn5c4CC(C)(C)C5)c(C)cn3)C2)C1. The first-order valence-electron chi connectivity index (χ1n) is 11.7. The summed E-state index contributed by atoms with van der Waals surface area (Å²) in [5.41, 5.74) is 4.90. The van der Waals surface area contributed by atoms with Crippen LogP contribution < -0.4 is 5.32 Å². The van der Waals surface area contributed by atoms with Gasteiger partial charge in [0.1, 0.15) is 5.82 Å². The minimum Gasteiger partial charge on any atom is -0.342 e. The number of anilines is 1. The van der Waals surface area contributed by atoms with E-state index in [4.69, 9.17) is 0 Å². The van der Waals surface area contributed by atoms with Crippen molar-refractivity contribution in [2.45, 2.75) is 66.3 Å². The van der Waals surface area contributed by atoms with Crippen LogP contribution in [0.15, 0.2) is 18.5 Å². The smallest absolute Gasteiger partial charge is 0.228 e. The zero-order valence-corrected chi connectivity index (χ0v) is 19.6. The third-order valence-electron chi connectivity index (χ3n) is 7.77. The average molecular weight is 436 g/mol. The Morgan fingerprint density at radius 3 is 2.72 bits per heavy atom. The van der Waals surface area contributed by atoms with Crippen molar-refractivity contribution in [1.82, 2.24) is 19.7 Å². The summed E-state index contributed by atoms with van der Waals surface area (Å²) in [5, 5.41) is 7.68. The van der Waals surface area contributed by atoms with Crippen molar-refractivity contribution in [2.75, 3.05) is 18.4 Å². The number of nitrogens with one attached hydrogen (secondary N) is 1. The lowest BCUT2D eigenvalue weighted by Crippen LogP contribution is -2.30. The van der Waals surface area contributed by atoms with Gasteiger partial charge in [0, 0.05) is 49.9 Å². The Kier molecular flexibility index (Phi) is 4.91. The van der Waals surface area contributed by atoms with Crippen molar-refractivity contribution < 1.29 is 9.59 Å². The molecule has 4 heterocycles. The number of nitrogens with zero attached hydrogens (tertiary/aromatic N) is 4. The van der Waals surface area contributed by atoms with Gasteiger partial charge >= 0.3 is 0 Å². The summed E-state index contributed by atoms with van der Waals surface area (Å²) in [6.45, 7) is 10.8. The first-order chi connectivity index (χ1) is 15.1. The molecule has 170 valence electrons. The van der Waals surface area contributed by atoms with Crippen molar-refractivity contribution in [3.8, 4) is 11.1 Å². The molecule has 1 N–H and O–H groups in total. The van der Waals surface area contributed by atoms with E-state index >= 15 is 0 Å². The molecule has 2 aromatic heterocycles. The lowest BCUT2D eigenvalue weighted by Gasteiger charge is -2.23. The number of hydrogen-bond donors (Lipinski definition) is 1. The molecule has 32 heavy (non-hydrogen) atoms. The van der Waals surface area contributed by atoms with Crippen molar-refractivity contribution in [3.63, 3.8) is 0 Å². The van der Waals surface area contributed by atoms with E-state index in [1.54, 1.807) is 6.92 Å². The van der Waals surface area contributed by atoms with E-state index in [0.717, 1.165) is 68.4 Å². The molecule has 3 aliphatic rings. The highest BCUT2D eigenvalue weighted by atomic mass is 16.2. The quantitative estimate of drug-likeness (QED) is 0.795. The number of carbonyl (C=O) groups is 2. The Hall–Kier alpha value is -2.70. The fourth-order valence-electron chi connectivity index (χ4n) is 5.99. The van der Waals surface area contributed by atoms with Crippen LogP contribution in [0.5, 0.6) is 0 Å². The lowest BCUT2D eigenvalue weighted by molar-refractivity contribution is -0.128. The fraction of sp³-hybridized carbons (Fsp3) is 0.600. The Morgan fingerprint density at radius 1 is 1.16 bits per heavy atom. The number of aromatic nitrogens is 3. The van der Waals surface area contributed by atoms with Crippen LogP contribution in [0, 0.1) is 23.7 Å². The van der Waals surface area contributed by atoms with Gasteiger partial charge in [-0.1, -0.05) is 13.8 Å². The van der Waals surface area contributed by atoms with E-state index in [2.05, 4.69) is 40.9 Å². The van der Waals surface area contributed by atoms with Crippen molar-refractivity contribution in [2.24, 2.45) is 16.7 Å². The highest BCUT2D eigenvalue weighted by Gasteiger charge is 2.46. The normalized spacial score (nSPS) is 26.0. The Labute approximate surface area is 189 Å². The molecular formula is C25H33N5O2. The topological polar surface area (TPSA) is 80.1 Å². The second-order valence-electron chi connectivity index (χ2n) is 11.0. The number of aryl methyl sites for hydroxylation is 1. The number of likely N-dealkylation sites (tertiary alicyclic amines) is 1. The average Bonchev–Trinajstić information content (AvgIpc) is 3.48. The maximum Gasteiger partial charge on any atom is 0.228 e. The molecule has 7 nitrogen and oxygen atoms in total. The third kappa shape index (κ3) is 3.71. The fourth-order valence-corrected chi connectivity index (χ4v) is 5.99. The van der Waals surface area contributed by atoms with E-state index in [0.29, 0.717) is 5.82 Å². The van der Waals surface area contributed by atoms with E-state index in [9.17, 15) is 9.59 Å². The van der Waals surface area contributed by atoms with Crippen LogP contribution in [0.3, 0.4) is 0 Å². The van der Waals surface area contributed by atoms with Gasteiger partial charge in [-0.3, -0.25) is 14.3 Å². The molecule has 0 aromatic carbocycles. The zero-order chi connectivity index (χ0) is 22.7. The van der Waals surface area contributed by atoms with Crippen LogP contribution in [0.4, 0.5) is 5.82 Å². The van der Waals surface area contributed by atoms with Crippen LogP contribution >= 0.6 is 0 Å². The van der Waals surface area contributed by atoms with Crippen LogP contribution in [0.2, 0.25) is 0 Å². The second kappa shape index (κ2) is 7.42. The molecule has 1 saturated carbocycles. The van der Waals surface area contributed by atoms with E-state index in [1.807, 2.05) is 23.4 Å². The molecule has 1 spiro atoms. The molecule has 2 aliphatic heterocycles. The van der Waals surface area contributed by atoms with E-state index in [-0.39, 0.29) is 28.6 Å². The largest absolute Gasteiger partial charge is 0.342 e. The van der Waals surface area contributed by atoms with Crippen molar-refractivity contribution in [1.29, 1.82) is 0 Å². The first kappa shape index (κ1) is 21.2. The summed E-state index contributed by atoms with van der Waals surface area (Å²) < 4.78 is 2.11. The molecular weight excluding hydrogens is 402 g/mol. The molecule has 1 saturated heterocycles. The first-order valence-corrected chi connectivity index (χ1v) is 11.7. The lowest BCUT2D eigenvalue weighted by atomic mass is 9.84. The summed E-state index contributed by atoms with van der Waals surface area (Å²) in [6.07, 6.45) is 8.53. The number of rotatable bonds is 3. The van der Waals surface area contributed by atoms with Crippen LogP contribution in [0.1, 0.15) is 57.7 Å². The number of fused-ring (bicyclic) bond motifs is 1. The highest BCUT2D eigenvalue weighted by molar-refractivity contribution is 5.92. The Balaban J connectivity index is 1.31. The number of amides is 2. The molecule has 0 bridgehead atoms. The van der Waals surface area contributed by atoms with Gasteiger partial charge in [0.15, 0.2) is 0 Å². The zero-order valence-electron chi connectivity index (χ0n) is 19.6. The van der Waals surface area contributed by atoms with Crippen LogP contribution in [-0.2, 0) is 22.6 Å². The highest BCUT2D eigenvalue weighted by Crippen LogP contribution is 2.48. The van der Waals surface area contributed by atoms with Gasteiger partial charge in [0.25, 0.3) is 0 Å². The third-order valence-corrected chi connectivity index (χ3v) is 7.77. The molecule has 2 amide bonds. The predicted molar refractivity (Wildman–Crippen MR) is 123 cm³/mol. The number of carbonyl (C=O) groups excluding carboxylic acids is 2. The number of pyridine rings is 1. The van der Waals surface area contributed by atoms with Gasteiger partial charge in [-0.05, 0) is 67.1 Å². The van der Waals surface area contributed by atoms with Crippen LogP contribution in [-0.4, -0.2) is 44.6 Å². The minimum absolute atomic E-state index is 0.0188. The van der Waals surface area contributed by atoms with Gasteiger partial charge in [-0.2, -0.15) is 5.10 Å². The number of hydrogen-bond acceptors (Lipinski definition) is 4. The molecule has 0 unspecified atom stereocenters. The maximum atomic E-state index is 13.1. The minimum atomic E-state index is -0.0188. The molecule has 2 atom stereocenters. The van der Waals surface area contributed by atoms with Gasteiger partial charge in [-0.15, -0.1) is 0 Å². The van der Waals surface area contributed by atoms with Crippen molar-refractivity contribution in [3.05, 3.63) is 29.7 Å². The van der Waals surface area contributed by atoms with Gasteiger partial charge in [0.2, 0.25) is 11.8 Å². The maximum absolute atomic E-state index is 13.1. The summed E-state index contributed by atoms with van der Waals surface area (Å²) in [6, 6.07) is 1.99. The van der Waals surface area contributed by atoms with Crippen LogP contribution in [0.25, 0.3) is 11.1 Å². The molecule has 2 fully saturated rings. The molecule has 7 heteroatoms. The molecule has 1 aliphatic carbocycles. The molecule has 5 rings (SSSR count).